The highest BCUT2D eigenvalue weighted by molar-refractivity contribution is 14.1. The number of hydrogen-bond donors (Lipinski definition) is 7. The van der Waals surface area contributed by atoms with Crippen LogP contribution in [-0.2, 0) is 28.8 Å². The number of rotatable bonds is 8. The van der Waals surface area contributed by atoms with Crippen LogP contribution in [0.15, 0.2) is 12.1 Å². The number of amides is 6. The first-order valence-electron chi connectivity index (χ1n) is 11.7. The lowest BCUT2D eigenvalue weighted by atomic mass is 10.1. The van der Waals surface area contributed by atoms with Crippen LogP contribution in [0.25, 0.3) is 0 Å². The lowest BCUT2D eigenvalue weighted by Gasteiger charge is -2.26. The molecule has 0 spiro atoms. The topological polar surface area (TPSA) is 292 Å². The maximum absolute atomic E-state index is 13.0. The van der Waals surface area contributed by atoms with Gasteiger partial charge in [-0.1, -0.05) is 0 Å². The maximum atomic E-state index is 13.0. The van der Waals surface area contributed by atoms with Crippen LogP contribution in [0.5, 0.6) is 5.75 Å². The number of nitrogens with zero attached hydrogens (tertiary/aromatic N) is 1. The van der Waals surface area contributed by atoms with Crippen molar-refractivity contribution in [2.75, 3.05) is 6.61 Å². The fourth-order valence-electron chi connectivity index (χ4n) is 3.54. The van der Waals surface area contributed by atoms with Gasteiger partial charge < -0.3 is 42.6 Å². The van der Waals surface area contributed by atoms with E-state index in [1.807, 2.05) is 0 Å². The van der Waals surface area contributed by atoms with Crippen molar-refractivity contribution in [1.29, 1.82) is 0 Å². The van der Waals surface area contributed by atoms with E-state index >= 15 is 0 Å². The number of nitrogens with one attached hydrogen (secondary N) is 4. The first kappa shape index (κ1) is 32.7. The Hall–Kier alpha value is -4.56. The number of aliphatic carboxylic acids is 1. The van der Waals surface area contributed by atoms with Gasteiger partial charge in [0.2, 0.25) is 29.5 Å². The number of carboxylic acid groups (broad SMARTS) is 1. The van der Waals surface area contributed by atoms with Gasteiger partial charge in [0.1, 0.15) is 29.9 Å². The average molecular weight is 691 g/mol. The van der Waals surface area contributed by atoms with Gasteiger partial charge in [0.05, 0.1) is 33.5 Å². The molecule has 1 aliphatic heterocycles. The zero-order chi connectivity index (χ0) is 31.0. The summed E-state index contributed by atoms with van der Waals surface area (Å²) in [4.78, 5) is 96.8. The molecule has 0 aliphatic carbocycles. The molecule has 222 valence electrons. The fraction of sp³-hybridized carbons (Fsp3) is 0.409. The lowest BCUT2D eigenvalue weighted by molar-refractivity contribution is -0.385. The van der Waals surface area contributed by atoms with E-state index in [2.05, 4.69) is 21.3 Å². The van der Waals surface area contributed by atoms with Crippen molar-refractivity contribution in [2.45, 2.75) is 50.4 Å². The fourth-order valence-corrected chi connectivity index (χ4v) is 4.30. The second-order valence-electron chi connectivity index (χ2n) is 8.75. The number of primary amides is 2. The summed E-state index contributed by atoms with van der Waals surface area (Å²) >= 11 is 1.69. The molecule has 0 bridgehead atoms. The smallest absolute Gasteiger partial charge is 0.305 e. The van der Waals surface area contributed by atoms with Crippen LogP contribution in [0.3, 0.4) is 0 Å². The van der Waals surface area contributed by atoms with E-state index in [1.165, 1.54) is 6.92 Å². The molecule has 1 unspecified atom stereocenters. The minimum absolute atomic E-state index is 0.128. The van der Waals surface area contributed by atoms with Gasteiger partial charge in [0.25, 0.3) is 11.6 Å². The SMILES string of the molecule is C[C@@H]1NC(=O)c2cc([N+](=O)[O-])cc(I)c2OCC[C@@H](C(=O)NC(CC(=O)O)C(N)=O)NC(=O)[C@H](CC(N)=O)NC1=O. The highest BCUT2D eigenvalue weighted by Gasteiger charge is 2.33. The zero-order valence-corrected chi connectivity index (χ0v) is 23.5. The number of halogens is 1. The van der Waals surface area contributed by atoms with Gasteiger partial charge in [0, 0.05) is 18.6 Å². The van der Waals surface area contributed by atoms with Crippen molar-refractivity contribution in [3.05, 3.63) is 31.4 Å². The molecule has 41 heavy (non-hydrogen) atoms. The molecule has 1 aromatic rings. The Morgan fingerprint density at radius 3 is 2.39 bits per heavy atom. The van der Waals surface area contributed by atoms with E-state index in [-0.39, 0.29) is 21.3 Å². The Kier molecular flexibility index (Phi) is 11.3. The van der Waals surface area contributed by atoms with Gasteiger partial charge in [-0.05, 0) is 29.5 Å². The van der Waals surface area contributed by atoms with Gasteiger partial charge in [-0.2, -0.15) is 0 Å². The molecule has 1 aromatic carbocycles. The Morgan fingerprint density at radius 2 is 1.83 bits per heavy atom. The van der Waals surface area contributed by atoms with Crippen molar-refractivity contribution in [2.24, 2.45) is 11.5 Å². The molecule has 1 heterocycles. The van der Waals surface area contributed by atoms with Gasteiger partial charge in [-0.15, -0.1) is 0 Å². The van der Waals surface area contributed by atoms with Crippen molar-refractivity contribution in [3.63, 3.8) is 0 Å². The lowest BCUT2D eigenvalue weighted by Crippen LogP contribution is -2.58. The quantitative estimate of drug-likeness (QED) is 0.0842. The minimum Gasteiger partial charge on any atom is -0.492 e. The number of benzene rings is 1. The molecule has 0 saturated heterocycles. The van der Waals surface area contributed by atoms with E-state index in [4.69, 9.17) is 21.3 Å². The number of fused-ring (bicyclic) bond motifs is 1. The number of nitro groups is 1. The van der Waals surface area contributed by atoms with Crippen molar-refractivity contribution in [1.82, 2.24) is 21.3 Å². The maximum Gasteiger partial charge on any atom is 0.305 e. The first-order valence-corrected chi connectivity index (χ1v) is 12.8. The average Bonchev–Trinajstić information content (AvgIpc) is 2.86. The van der Waals surface area contributed by atoms with Crippen LogP contribution in [0.2, 0.25) is 0 Å². The number of nitrogens with two attached hydrogens (primary N) is 2. The number of ether oxygens (including phenoxy) is 1. The summed E-state index contributed by atoms with van der Waals surface area (Å²) in [6.45, 7) is 0.846. The third kappa shape index (κ3) is 9.25. The number of non-ortho nitro benzene ring substituents is 1. The predicted molar refractivity (Wildman–Crippen MR) is 144 cm³/mol. The van der Waals surface area contributed by atoms with Crippen molar-refractivity contribution >= 4 is 69.7 Å². The van der Waals surface area contributed by atoms with Crippen LogP contribution in [0, 0.1) is 13.7 Å². The van der Waals surface area contributed by atoms with Crippen molar-refractivity contribution in [3.8, 4) is 5.75 Å². The van der Waals surface area contributed by atoms with Gasteiger partial charge >= 0.3 is 5.97 Å². The molecule has 4 atom stereocenters. The number of carbonyl (C=O) groups is 7. The zero-order valence-electron chi connectivity index (χ0n) is 21.3. The summed E-state index contributed by atoms with van der Waals surface area (Å²) in [5.74, 6) is -7.76. The molecule has 2 rings (SSSR count). The van der Waals surface area contributed by atoms with Crippen LogP contribution >= 0.6 is 22.6 Å². The molecule has 19 heteroatoms. The van der Waals surface area contributed by atoms with E-state index < -0.39 is 95.6 Å². The van der Waals surface area contributed by atoms with E-state index in [0.29, 0.717) is 0 Å². The highest BCUT2D eigenvalue weighted by Crippen LogP contribution is 2.31. The standard InChI is InChI=1S/C22H26IN7O11/c1-8-19(35)29-14(6-15(24)31)22(38)27-12(21(37)28-13(18(25)34)7-16(32)33)2-3-41-17-10(20(36)26-8)4-9(30(39)40)5-11(17)23/h4-5,8,12-14H,2-3,6-7H2,1H3,(H2,24,31)(H2,25,34)(H,26,36)(H,27,38)(H,28,37)(H,29,35)(H,32,33)/t8-,12-,13?,14-/m0/s1. The highest BCUT2D eigenvalue weighted by atomic mass is 127. The number of nitro benzene ring substituents is 1. The van der Waals surface area contributed by atoms with Gasteiger partial charge in [-0.25, -0.2) is 0 Å². The summed E-state index contributed by atoms with van der Waals surface area (Å²) in [6, 6.07) is -4.09. The number of carboxylic acids is 1. The normalized spacial score (nSPS) is 20.4. The largest absolute Gasteiger partial charge is 0.492 e. The molecule has 9 N–H and O–H groups in total. The van der Waals surface area contributed by atoms with Crippen LogP contribution < -0.4 is 37.5 Å². The minimum atomic E-state index is -1.65. The third-order valence-electron chi connectivity index (χ3n) is 5.59. The van der Waals surface area contributed by atoms with Crippen LogP contribution in [0.4, 0.5) is 5.69 Å². The van der Waals surface area contributed by atoms with Gasteiger partial charge in [0.15, 0.2) is 0 Å². The third-order valence-corrected chi connectivity index (χ3v) is 6.39. The second kappa shape index (κ2) is 14.2. The van der Waals surface area contributed by atoms with Gasteiger partial charge in [-0.3, -0.25) is 43.7 Å². The molecule has 0 radical (unpaired) electrons. The summed E-state index contributed by atoms with van der Waals surface area (Å²) in [7, 11) is 0. The van der Waals surface area contributed by atoms with E-state index in [9.17, 15) is 43.7 Å². The molecular weight excluding hydrogens is 665 g/mol. The number of carbonyl (C=O) groups excluding carboxylic acids is 6. The molecule has 18 nitrogen and oxygen atoms in total. The van der Waals surface area contributed by atoms with Crippen molar-refractivity contribution < 1.29 is 48.3 Å². The predicted octanol–water partition coefficient (Wildman–Crippen LogP) is -2.61. The first-order chi connectivity index (χ1) is 19.1. The van der Waals surface area contributed by atoms with E-state index in [1.54, 1.807) is 22.6 Å². The van der Waals surface area contributed by atoms with Crippen LogP contribution in [0.1, 0.15) is 36.5 Å². The number of hydrogen-bond acceptors (Lipinski definition) is 10. The molecule has 0 aromatic heterocycles. The summed E-state index contributed by atoms with van der Waals surface area (Å²) in [6.07, 6.45) is -1.94. The molecule has 1 aliphatic rings. The Bertz CT molecular complexity index is 1290. The molecule has 0 saturated carbocycles. The Labute approximate surface area is 244 Å². The molecular formula is C22H26IN7O11. The monoisotopic (exact) mass is 691 g/mol. The van der Waals surface area contributed by atoms with Crippen LogP contribution in [-0.4, -0.2) is 82.2 Å². The Morgan fingerprint density at radius 1 is 1.17 bits per heavy atom. The van der Waals surface area contributed by atoms with E-state index in [0.717, 1.165) is 12.1 Å². The second-order valence-corrected chi connectivity index (χ2v) is 9.91. The Balaban J connectivity index is 2.53. The summed E-state index contributed by atoms with van der Waals surface area (Å²) < 4.78 is 5.80. The summed E-state index contributed by atoms with van der Waals surface area (Å²) in [5, 5.41) is 29.4. The molecule has 6 amide bonds. The molecule has 0 fully saturated rings. The summed E-state index contributed by atoms with van der Waals surface area (Å²) in [5.41, 5.74) is 9.60.